The second-order valence-corrected chi connectivity index (χ2v) is 4.56. The lowest BCUT2D eigenvalue weighted by Crippen LogP contribution is -2.28. The van der Waals surface area contributed by atoms with Crippen LogP contribution in [-0.4, -0.2) is 4.57 Å². The lowest BCUT2D eigenvalue weighted by Gasteiger charge is -2.08. The highest BCUT2D eigenvalue weighted by atomic mass is 15.0. The molecule has 0 unspecified atom stereocenters. The van der Waals surface area contributed by atoms with E-state index in [4.69, 9.17) is 0 Å². The molecular formula is C18H21N. The second kappa shape index (κ2) is 5.75. The van der Waals surface area contributed by atoms with Crippen molar-refractivity contribution in [1.82, 2.24) is 4.57 Å². The van der Waals surface area contributed by atoms with Crippen molar-refractivity contribution in [2.24, 2.45) is 0 Å². The standard InChI is InChI=1S/C18H21N/c1-5-11-18-14(4)16(6-2)17(7-3)19(18)15-12-9-8-10-13-15/h5-13H,1-4H3/b11-5-,16-6-,17-7+. The predicted molar refractivity (Wildman–Crippen MR) is 84.7 cm³/mol. The molecule has 0 amide bonds. The zero-order valence-electron chi connectivity index (χ0n) is 12.1. The van der Waals surface area contributed by atoms with Crippen LogP contribution in [0.4, 0.5) is 0 Å². The molecule has 1 aromatic carbocycles. The van der Waals surface area contributed by atoms with Gasteiger partial charge in [0.05, 0.1) is 0 Å². The molecule has 1 heteroatoms. The smallest absolute Gasteiger partial charge is 0.0494 e. The topological polar surface area (TPSA) is 4.93 Å². The van der Waals surface area contributed by atoms with Gasteiger partial charge in [0.1, 0.15) is 0 Å². The molecule has 19 heavy (non-hydrogen) atoms. The highest BCUT2D eigenvalue weighted by molar-refractivity contribution is 5.57. The third-order valence-corrected chi connectivity index (χ3v) is 3.45. The first kappa shape index (κ1) is 13.4. The normalized spacial score (nSPS) is 13.7. The molecule has 0 fully saturated rings. The van der Waals surface area contributed by atoms with Crippen LogP contribution in [0.15, 0.2) is 36.4 Å². The Morgan fingerprint density at radius 2 is 1.63 bits per heavy atom. The van der Waals surface area contributed by atoms with Crippen LogP contribution in [0.3, 0.4) is 0 Å². The number of nitrogens with zero attached hydrogens (tertiary/aromatic N) is 1. The largest absolute Gasteiger partial charge is 0.310 e. The van der Waals surface area contributed by atoms with E-state index in [9.17, 15) is 0 Å². The molecular weight excluding hydrogens is 230 g/mol. The van der Waals surface area contributed by atoms with E-state index in [-0.39, 0.29) is 0 Å². The molecule has 0 bridgehead atoms. The minimum Gasteiger partial charge on any atom is -0.310 e. The van der Waals surface area contributed by atoms with Crippen LogP contribution in [0.1, 0.15) is 32.0 Å². The summed E-state index contributed by atoms with van der Waals surface area (Å²) < 4.78 is 2.32. The van der Waals surface area contributed by atoms with E-state index in [1.165, 1.54) is 27.5 Å². The Morgan fingerprint density at radius 3 is 2.16 bits per heavy atom. The van der Waals surface area contributed by atoms with Gasteiger partial charge in [-0.2, -0.15) is 0 Å². The van der Waals surface area contributed by atoms with E-state index in [1.807, 2.05) is 0 Å². The average molecular weight is 251 g/mol. The van der Waals surface area contributed by atoms with E-state index < -0.39 is 0 Å². The highest BCUT2D eigenvalue weighted by Gasteiger charge is 2.09. The van der Waals surface area contributed by atoms with Crippen LogP contribution in [0.2, 0.25) is 0 Å². The zero-order chi connectivity index (χ0) is 13.8. The Bertz CT molecular complexity index is 700. The number of rotatable bonds is 2. The Hall–Kier alpha value is -2.02. The molecule has 0 spiro atoms. The molecule has 0 N–H and O–H groups in total. The zero-order valence-corrected chi connectivity index (χ0v) is 12.1. The van der Waals surface area contributed by atoms with Crippen molar-refractivity contribution >= 4 is 18.2 Å². The van der Waals surface area contributed by atoms with Gasteiger partial charge >= 0.3 is 0 Å². The third-order valence-electron chi connectivity index (χ3n) is 3.45. The van der Waals surface area contributed by atoms with Crippen LogP contribution in [0.5, 0.6) is 0 Å². The molecule has 2 aromatic rings. The number of hydrogen-bond acceptors (Lipinski definition) is 0. The van der Waals surface area contributed by atoms with Crippen LogP contribution in [0.25, 0.3) is 23.9 Å². The molecule has 98 valence electrons. The summed E-state index contributed by atoms with van der Waals surface area (Å²) in [5.41, 5.74) is 3.80. The van der Waals surface area contributed by atoms with Crippen molar-refractivity contribution in [3.63, 3.8) is 0 Å². The van der Waals surface area contributed by atoms with Crippen LogP contribution in [0, 0.1) is 6.92 Å². The van der Waals surface area contributed by atoms with Crippen molar-refractivity contribution in [3.05, 3.63) is 58.2 Å². The van der Waals surface area contributed by atoms with E-state index in [0.29, 0.717) is 0 Å². The van der Waals surface area contributed by atoms with Gasteiger partial charge in [-0.05, 0) is 56.7 Å². The van der Waals surface area contributed by atoms with E-state index in [2.05, 4.69) is 86.9 Å². The average Bonchev–Trinajstić information content (AvgIpc) is 2.72. The lowest BCUT2D eigenvalue weighted by atomic mass is 10.2. The van der Waals surface area contributed by atoms with Crippen molar-refractivity contribution in [2.75, 3.05) is 0 Å². The molecule has 0 saturated carbocycles. The van der Waals surface area contributed by atoms with Gasteiger partial charge in [0.15, 0.2) is 0 Å². The maximum atomic E-state index is 2.32. The van der Waals surface area contributed by atoms with Crippen LogP contribution < -0.4 is 10.6 Å². The molecule has 0 atom stereocenters. The van der Waals surface area contributed by atoms with Crippen LogP contribution in [-0.2, 0) is 0 Å². The van der Waals surface area contributed by atoms with Gasteiger partial charge in [0.2, 0.25) is 0 Å². The Kier molecular flexibility index (Phi) is 4.06. The minimum atomic E-state index is 1.21. The van der Waals surface area contributed by atoms with Gasteiger partial charge in [-0.3, -0.25) is 0 Å². The third kappa shape index (κ3) is 2.28. The Labute approximate surface area is 115 Å². The van der Waals surface area contributed by atoms with Crippen molar-refractivity contribution < 1.29 is 0 Å². The lowest BCUT2D eigenvalue weighted by molar-refractivity contribution is 1.01. The molecule has 2 rings (SSSR count). The number of hydrogen-bond donors (Lipinski definition) is 0. The second-order valence-electron chi connectivity index (χ2n) is 4.56. The van der Waals surface area contributed by atoms with E-state index >= 15 is 0 Å². The summed E-state index contributed by atoms with van der Waals surface area (Å²) in [5, 5.41) is 2.58. The number of allylic oxidation sites excluding steroid dienone is 1. The van der Waals surface area contributed by atoms with E-state index in [1.54, 1.807) is 0 Å². The van der Waals surface area contributed by atoms with E-state index in [0.717, 1.165) is 0 Å². The summed E-state index contributed by atoms with van der Waals surface area (Å²) in [6, 6.07) is 10.5. The summed E-state index contributed by atoms with van der Waals surface area (Å²) in [6.07, 6.45) is 8.66. The van der Waals surface area contributed by atoms with Crippen molar-refractivity contribution in [1.29, 1.82) is 0 Å². The van der Waals surface area contributed by atoms with Gasteiger partial charge in [-0.15, -0.1) is 0 Å². The molecule has 1 heterocycles. The van der Waals surface area contributed by atoms with Crippen molar-refractivity contribution in [3.8, 4) is 5.69 Å². The Morgan fingerprint density at radius 1 is 0.947 bits per heavy atom. The van der Waals surface area contributed by atoms with Gasteiger partial charge < -0.3 is 4.57 Å². The monoisotopic (exact) mass is 251 g/mol. The molecule has 1 aromatic heterocycles. The van der Waals surface area contributed by atoms with Crippen molar-refractivity contribution in [2.45, 2.75) is 27.7 Å². The summed E-state index contributed by atoms with van der Waals surface area (Å²) in [6.45, 7) is 8.45. The van der Waals surface area contributed by atoms with Gasteiger partial charge in [0, 0.05) is 16.7 Å². The number of benzene rings is 1. The quantitative estimate of drug-likeness (QED) is 0.770. The SMILES string of the molecule is C/C=C\c1c(C)c(=C/C)/c(=C\C)n1-c1ccccc1. The molecule has 0 aliphatic heterocycles. The summed E-state index contributed by atoms with van der Waals surface area (Å²) in [5.74, 6) is 0. The molecule has 0 aliphatic carbocycles. The summed E-state index contributed by atoms with van der Waals surface area (Å²) >= 11 is 0. The first-order valence-electron chi connectivity index (χ1n) is 6.76. The summed E-state index contributed by atoms with van der Waals surface area (Å²) in [7, 11) is 0. The predicted octanol–water partition coefficient (Wildman–Crippen LogP) is 3.42. The Balaban J connectivity index is 2.94. The molecule has 1 nitrogen and oxygen atoms in total. The van der Waals surface area contributed by atoms with Gasteiger partial charge in [-0.1, -0.05) is 36.4 Å². The number of para-hydroxylation sites is 1. The molecule has 0 aliphatic rings. The molecule has 0 radical (unpaired) electrons. The number of aromatic nitrogens is 1. The van der Waals surface area contributed by atoms with Crippen LogP contribution >= 0.6 is 0 Å². The summed E-state index contributed by atoms with van der Waals surface area (Å²) in [4.78, 5) is 0. The van der Waals surface area contributed by atoms with Gasteiger partial charge in [-0.25, -0.2) is 0 Å². The fourth-order valence-corrected chi connectivity index (χ4v) is 2.61. The first-order chi connectivity index (χ1) is 9.24. The van der Waals surface area contributed by atoms with Gasteiger partial charge in [0.25, 0.3) is 0 Å². The maximum Gasteiger partial charge on any atom is 0.0494 e. The first-order valence-corrected chi connectivity index (χ1v) is 6.76. The maximum absolute atomic E-state index is 2.32. The fourth-order valence-electron chi connectivity index (χ4n) is 2.61. The highest BCUT2D eigenvalue weighted by Crippen LogP contribution is 2.12. The minimum absolute atomic E-state index is 1.21. The fraction of sp³-hybridized carbons (Fsp3) is 0.222. The molecule has 0 saturated heterocycles.